The van der Waals surface area contributed by atoms with Gasteiger partial charge in [0.05, 0.1) is 5.56 Å². The number of primary amides is 1. The van der Waals surface area contributed by atoms with Crippen LogP contribution in [0.15, 0.2) is 18.2 Å². The molecule has 0 saturated carbocycles. The Bertz CT molecular complexity index is 354. The van der Waals surface area contributed by atoms with E-state index >= 15 is 0 Å². The molecule has 1 rings (SSSR count). The van der Waals surface area contributed by atoms with Crippen LogP contribution in [-0.2, 0) is 0 Å². The Hall–Kier alpha value is -1.85. The predicted molar refractivity (Wildman–Crippen MR) is 43.3 cm³/mol. The molecule has 1 aromatic carbocycles. The Morgan fingerprint density at radius 1 is 1.50 bits per heavy atom. The molecule has 76 valence electrons. The van der Waals surface area contributed by atoms with Crippen LogP contribution in [0.5, 0.6) is 11.5 Å². The molecule has 3 N–H and O–H groups in total. The standard InChI is InChI=1S/C8H7F2NO3/c9-8(10)14-4-1-2-5(7(11)13)6(12)3-4/h1-3,8,12H,(H2,11,13). The molecule has 0 unspecified atom stereocenters. The van der Waals surface area contributed by atoms with Crippen LogP contribution in [0.1, 0.15) is 10.4 Å². The summed E-state index contributed by atoms with van der Waals surface area (Å²) in [6, 6.07) is 3.12. The molecule has 0 spiro atoms. The number of amides is 1. The second-order valence-corrected chi connectivity index (χ2v) is 2.42. The first-order valence-corrected chi connectivity index (χ1v) is 3.58. The van der Waals surface area contributed by atoms with Gasteiger partial charge in [-0.25, -0.2) is 0 Å². The van der Waals surface area contributed by atoms with E-state index in [9.17, 15) is 13.6 Å². The summed E-state index contributed by atoms with van der Waals surface area (Å²) in [5.74, 6) is -1.57. The molecule has 0 saturated heterocycles. The summed E-state index contributed by atoms with van der Waals surface area (Å²) in [5.41, 5.74) is 4.73. The van der Waals surface area contributed by atoms with Gasteiger partial charge in [0, 0.05) is 6.07 Å². The van der Waals surface area contributed by atoms with Gasteiger partial charge >= 0.3 is 6.61 Å². The molecule has 1 aromatic rings. The van der Waals surface area contributed by atoms with Gasteiger partial charge < -0.3 is 15.6 Å². The second-order valence-electron chi connectivity index (χ2n) is 2.42. The molecule has 4 nitrogen and oxygen atoms in total. The molecule has 0 radical (unpaired) electrons. The Balaban J connectivity index is 2.94. The van der Waals surface area contributed by atoms with E-state index in [1.54, 1.807) is 0 Å². The lowest BCUT2D eigenvalue weighted by molar-refractivity contribution is -0.0499. The van der Waals surface area contributed by atoms with Gasteiger partial charge in [0.15, 0.2) is 0 Å². The van der Waals surface area contributed by atoms with Gasteiger partial charge in [0.1, 0.15) is 11.5 Å². The van der Waals surface area contributed by atoms with E-state index in [0.717, 1.165) is 18.2 Å². The summed E-state index contributed by atoms with van der Waals surface area (Å²) >= 11 is 0. The molecule has 0 heterocycles. The van der Waals surface area contributed by atoms with Crippen molar-refractivity contribution >= 4 is 5.91 Å². The van der Waals surface area contributed by atoms with Crippen molar-refractivity contribution in [3.63, 3.8) is 0 Å². The highest BCUT2D eigenvalue weighted by atomic mass is 19.3. The molecule has 0 aliphatic carbocycles. The van der Waals surface area contributed by atoms with Gasteiger partial charge in [-0.2, -0.15) is 8.78 Å². The van der Waals surface area contributed by atoms with Crippen LogP contribution in [0.3, 0.4) is 0 Å². The van der Waals surface area contributed by atoms with E-state index in [-0.39, 0.29) is 11.3 Å². The molecule has 6 heteroatoms. The van der Waals surface area contributed by atoms with Crippen molar-refractivity contribution in [3.8, 4) is 11.5 Å². The third kappa shape index (κ3) is 2.32. The number of nitrogens with two attached hydrogens (primary N) is 1. The summed E-state index contributed by atoms with van der Waals surface area (Å²) in [4.78, 5) is 10.6. The zero-order chi connectivity index (χ0) is 10.7. The highest BCUT2D eigenvalue weighted by molar-refractivity contribution is 5.95. The van der Waals surface area contributed by atoms with E-state index in [0.29, 0.717) is 0 Å². The molecule has 0 fully saturated rings. The minimum atomic E-state index is -2.98. The van der Waals surface area contributed by atoms with E-state index < -0.39 is 18.3 Å². The number of ether oxygens (including phenoxy) is 1. The number of hydrogen-bond acceptors (Lipinski definition) is 3. The normalized spacial score (nSPS) is 10.2. The summed E-state index contributed by atoms with van der Waals surface area (Å²) in [6.07, 6.45) is 0. The Labute approximate surface area is 77.9 Å². The van der Waals surface area contributed by atoms with Crippen molar-refractivity contribution in [1.82, 2.24) is 0 Å². The SMILES string of the molecule is NC(=O)c1ccc(OC(F)F)cc1O. The van der Waals surface area contributed by atoms with Gasteiger partial charge in [-0.15, -0.1) is 0 Å². The highest BCUT2D eigenvalue weighted by Crippen LogP contribution is 2.24. The van der Waals surface area contributed by atoms with Crippen LogP contribution >= 0.6 is 0 Å². The van der Waals surface area contributed by atoms with Crippen LogP contribution in [-0.4, -0.2) is 17.6 Å². The number of halogens is 2. The molecule has 14 heavy (non-hydrogen) atoms. The number of rotatable bonds is 3. The first-order valence-electron chi connectivity index (χ1n) is 3.58. The highest BCUT2D eigenvalue weighted by Gasteiger charge is 2.10. The fourth-order valence-electron chi connectivity index (χ4n) is 0.896. The zero-order valence-corrected chi connectivity index (χ0v) is 6.91. The van der Waals surface area contributed by atoms with Crippen molar-refractivity contribution in [2.45, 2.75) is 6.61 Å². The average molecular weight is 203 g/mol. The molecular weight excluding hydrogens is 196 g/mol. The fraction of sp³-hybridized carbons (Fsp3) is 0.125. The summed E-state index contributed by atoms with van der Waals surface area (Å²) in [5, 5.41) is 9.15. The lowest BCUT2D eigenvalue weighted by Gasteiger charge is -2.05. The number of benzene rings is 1. The van der Waals surface area contributed by atoms with Crippen molar-refractivity contribution in [1.29, 1.82) is 0 Å². The largest absolute Gasteiger partial charge is 0.507 e. The average Bonchev–Trinajstić information content (AvgIpc) is 2.01. The van der Waals surface area contributed by atoms with Crippen molar-refractivity contribution < 1.29 is 23.4 Å². The van der Waals surface area contributed by atoms with Gasteiger partial charge in [0.25, 0.3) is 5.91 Å². The maximum Gasteiger partial charge on any atom is 0.387 e. The number of carbonyl (C=O) groups is 1. The molecule has 1 amide bonds. The molecule has 0 aromatic heterocycles. The van der Waals surface area contributed by atoms with Crippen LogP contribution in [0.4, 0.5) is 8.78 Å². The number of aromatic hydroxyl groups is 1. The van der Waals surface area contributed by atoms with E-state index in [1.165, 1.54) is 0 Å². The van der Waals surface area contributed by atoms with Gasteiger partial charge in [-0.3, -0.25) is 4.79 Å². The lowest BCUT2D eigenvalue weighted by atomic mass is 10.2. The molecule has 0 aliphatic heterocycles. The third-order valence-electron chi connectivity index (χ3n) is 1.46. The van der Waals surface area contributed by atoms with E-state index in [4.69, 9.17) is 10.8 Å². The Kier molecular flexibility index (Phi) is 2.85. The van der Waals surface area contributed by atoms with E-state index in [2.05, 4.69) is 4.74 Å². The number of carbonyl (C=O) groups excluding carboxylic acids is 1. The maximum atomic E-state index is 11.7. The molecule has 0 aliphatic rings. The zero-order valence-electron chi connectivity index (χ0n) is 6.91. The smallest absolute Gasteiger partial charge is 0.387 e. The van der Waals surface area contributed by atoms with Crippen LogP contribution < -0.4 is 10.5 Å². The molecule has 0 atom stereocenters. The first-order chi connectivity index (χ1) is 6.50. The topological polar surface area (TPSA) is 72.6 Å². The van der Waals surface area contributed by atoms with Crippen LogP contribution in [0.2, 0.25) is 0 Å². The Morgan fingerprint density at radius 3 is 2.57 bits per heavy atom. The minimum Gasteiger partial charge on any atom is -0.507 e. The lowest BCUT2D eigenvalue weighted by Crippen LogP contribution is -2.11. The number of phenols is 1. The van der Waals surface area contributed by atoms with E-state index in [1.807, 2.05) is 0 Å². The Morgan fingerprint density at radius 2 is 2.14 bits per heavy atom. The third-order valence-corrected chi connectivity index (χ3v) is 1.46. The maximum absolute atomic E-state index is 11.7. The van der Waals surface area contributed by atoms with Gasteiger partial charge in [-0.1, -0.05) is 0 Å². The van der Waals surface area contributed by atoms with Crippen molar-refractivity contribution in [2.24, 2.45) is 5.73 Å². The fourth-order valence-corrected chi connectivity index (χ4v) is 0.896. The molecular formula is C8H7F2NO3. The van der Waals surface area contributed by atoms with Gasteiger partial charge in [-0.05, 0) is 12.1 Å². The number of hydrogen-bond donors (Lipinski definition) is 2. The van der Waals surface area contributed by atoms with Crippen molar-refractivity contribution in [3.05, 3.63) is 23.8 Å². The summed E-state index contributed by atoms with van der Waals surface area (Å²) in [6.45, 7) is -2.98. The predicted octanol–water partition coefficient (Wildman–Crippen LogP) is 1.09. The minimum absolute atomic E-state index is 0.147. The van der Waals surface area contributed by atoms with Crippen molar-refractivity contribution in [2.75, 3.05) is 0 Å². The second kappa shape index (κ2) is 3.91. The number of alkyl halides is 2. The van der Waals surface area contributed by atoms with Crippen LogP contribution in [0.25, 0.3) is 0 Å². The first kappa shape index (κ1) is 10.2. The summed E-state index contributed by atoms with van der Waals surface area (Å²) in [7, 11) is 0. The van der Waals surface area contributed by atoms with Gasteiger partial charge in [0.2, 0.25) is 0 Å². The monoisotopic (exact) mass is 203 g/mol. The van der Waals surface area contributed by atoms with Crippen LogP contribution in [0, 0.1) is 0 Å². The summed E-state index contributed by atoms with van der Waals surface area (Å²) < 4.78 is 27.4. The quantitative estimate of drug-likeness (QED) is 0.772. The molecule has 0 bridgehead atoms.